The van der Waals surface area contributed by atoms with Crippen molar-refractivity contribution in [3.63, 3.8) is 0 Å². The van der Waals surface area contributed by atoms with Crippen LogP contribution in [0.15, 0.2) is 47.1 Å². The highest BCUT2D eigenvalue weighted by atomic mass is 35.5. The van der Waals surface area contributed by atoms with Crippen LogP contribution in [-0.4, -0.2) is 39.4 Å². The Morgan fingerprint density at radius 2 is 1.85 bits per heavy atom. The number of benzene rings is 2. The van der Waals surface area contributed by atoms with Gasteiger partial charge in [-0.2, -0.15) is 0 Å². The number of carboxylic acids is 1. The molecule has 0 radical (unpaired) electrons. The molecular formula is C29H23Cl3FN3O5. The second kappa shape index (κ2) is 10.5. The summed E-state index contributed by atoms with van der Waals surface area (Å²) in [5, 5.41) is 25.7. The summed E-state index contributed by atoms with van der Waals surface area (Å²) in [7, 11) is 0. The fraction of sp³-hybridized carbons (Fsp3) is 0.276. The summed E-state index contributed by atoms with van der Waals surface area (Å²) in [6.07, 6.45) is 3.07. The lowest BCUT2D eigenvalue weighted by Crippen LogP contribution is -2.60. The first kappa shape index (κ1) is 27.8. The van der Waals surface area contributed by atoms with Crippen LogP contribution in [0.1, 0.15) is 51.6 Å². The van der Waals surface area contributed by atoms with Gasteiger partial charge in [0.1, 0.15) is 29.4 Å². The molecule has 1 aliphatic carbocycles. The van der Waals surface area contributed by atoms with Crippen LogP contribution >= 0.6 is 34.8 Å². The number of anilines is 1. The Kier molecular flexibility index (Phi) is 7.10. The van der Waals surface area contributed by atoms with Gasteiger partial charge in [0.05, 0.1) is 39.3 Å². The number of aromatic carboxylic acids is 1. The number of carbonyl (C=O) groups is 1. The van der Waals surface area contributed by atoms with Crippen molar-refractivity contribution >= 4 is 46.6 Å². The number of aromatic nitrogens is 2. The number of rotatable bonds is 8. The largest absolute Gasteiger partial charge is 0.489 e. The average Bonchev–Trinajstić information content (AvgIpc) is 3.65. The molecule has 12 heteroatoms. The summed E-state index contributed by atoms with van der Waals surface area (Å²) in [6, 6.07) is 9.50. The van der Waals surface area contributed by atoms with Gasteiger partial charge in [-0.3, -0.25) is 0 Å². The number of hydrogen-bond donors (Lipinski definition) is 2. The van der Waals surface area contributed by atoms with E-state index in [0.717, 1.165) is 42.0 Å². The number of nitrogens with zero attached hydrogens (tertiary/aromatic N) is 3. The maximum atomic E-state index is 14.4. The minimum absolute atomic E-state index is 0.0239. The number of carboxylic acid groups (broad SMARTS) is 1. The van der Waals surface area contributed by atoms with Gasteiger partial charge < -0.3 is 24.4 Å². The lowest BCUT2D eigenvalue weighted by molar-refractivity contribution is 0.00670. The van der Waals surface area contributed by atoms with Crippen LogP contribution in [0.4, 0.5) is 10.2 Å². The van der Waals surface area contributed by atoms with E-state index >= 15 is 0 Å². The second-order valence-corrected chi connectivity index (χ2v) is 11.6. The third-order valence-electron chi connectivity index (χ3n) is 7.29. The number of halogens is 4. The Bertz CT molecular complexity index is 1660. The SMILES string of the molecule is Cc1cc(Cl)c(-c2noc(C3CC3)c2COc2ccc(C3(O)CN(c4ncc(C(=O)O)cc4F)C3)c(Cl)c2)c(Cl)c1. The van der Waals surface area contributed by atoms with Crippen molar-refractivity contribution in [3.8, 4) is 17.0 Å². The highest BCUT2D eigenvalue weighted by molar-refractivity contribution is 6.39. The van der Waals surface area contributed by atoms with Gasteiger partial charge in [0.2, 0.25) is 0 Å². The lowest BCUT2D eigenvalue weighted by Gasteiger charge is -2.47. The van der Waals surface area contributed by atoms with Gasteiger partial charge in [0, 0.05) is 23.2 Å². The van der Waals surface area contributed by atoms with Crippen LogP contribution in [0, 0.1) is 12.7 Å². The molecule has 3 heterocycles. The summed E-state index contributed by atoms with van der Waals surface area (Å²) >= 11 is 19.6. The van der Waals surface area contributed by atoms with E-state index in [1.807, 2.05) is 19.1 Å². The first-order valence-electron chi connectivity index (χ1n) is 12.8. The van der Waals surface area contributed by atoms with Crippen molar-refractivity contribution in [1.29, 1.82) is 0 Å². The second-order valence-electron chi connectivity index (χ2n) is 10.4. The van der Waals surface area contributed by atoms with Crippen molar-refractivity contribution in [2.24, 2.45) is 0 Å². The molecular weight excluding hydrogens is 596 g/mol. The fourth-order valence-electron chi connectivity index (χ4n) is 5.05. The van der Waals surface area contributed by atoms with Crippen LogP contribution in [0.2, 0.25) is 15.1 Å². The van der Waals surface area contributed by atoms with Gasteiger partial charge in [-0.15, -0.1) is 0 Å². The van der Waals surface area contributed by atoms with Crippen LogP contribution in [0.3, 0.4) is 0 Å². The average molecular weight is 619 g/mol. The Morgan fingerprint density at radius 1 is 1.15 bits per heavy atom. The zero-order valence-electron chi connectivity index (χ0n) is 21.6. The standard InChI is InChI=1S/C29H23Cl3FN3O5/c1-14-6-21(31)24(22(32)7-14)25-18(26(41-35-25)15-2-3-15)11-40-17-4-5-19(20(30)9-17)29(39)12-36(13-29)27-23(33)8-16(10-34-27)28(37)38/h4-10,15,39H,2-3,11-13H2,1H3,(H,37,38). The first-order chi connectivity index (χ1) is 19.5. The third kappa shape index (κ3) is 5.23. The summed E-state index contributed by atoms with van der Waals surface area (Å²) < 4.78 is 26.2. The smallest absolute Gasteiger partial charge is 0.337 e. The van der Waals surface area contributed by atoms with Gasteiger partial charge >= 0.3 is 5.97 Å². The Morgan fingerprint density at radius 3 is 2.46 bits per heavy atom. The predicted molar refractivity (Wildman–Crippen MR) is 152 cm³/mol. The quantitative estimate of drug-likeness (QED) is 0.217. The molecule has 2 N–H and O–H groups in total. The maximum absolute atomic E-state index is 14.4. The van der Waals surface area contributed by atoms with Gasteiger partial charge in [-0.1, -0.05) is 46.0 Å². The summed E-state index contributed by atoms with van der Waals surface area (Å²) in [6.45, 7) is 2.09. The minimum Gasteiger partial charge on any atom is -0.489 e. The van der Waals surface area contributed by atoms with E-state index in [4.69, 9.17) is 49.2 Å². The predicted octanol–water partition coefficient (Wildman–Crippen LogP) is 7.01. The Hall–Kier alpha value is -3.37. The molecule has 0 amide bonds. The Balaban J connectivity index is 1.19. The summed E-state index contributed by atoms with van der Waals surface area (Å²) in [5.74, 6) is -0.626. The van der Waals surface area contributed by atoms with Crippen LogP contribution < -0.4 is 9.64 Å². The van der Waals surface area contributed by atoms with E-state index in [1.165, 1.54) is 4.90 Å². The van der Waals surface area contributed by atoms with Crippen LogP contribution in [0.5, 0.6) is 5.75 Å². The number of pyridine rings is 1. The van der Waals surface area contributed by atoms with Gasteiger partial charge in [0.15, 0.2) is 11.6 Å². The molecule has 4 aromatic rings. The van der Waals surface area contributed by atoms with Crippen LogP contribution in [0.25, 0.3) is 11.3 Å². The monoisotopic (exact) mass is 617 g/mol. The lowest BCUT2D eigenvalue weighted by atomic mass is 9.86. The molecule has 8 nitrogen and oxygen atoms in total. The molecule has 212 valence electrons. The molecule has 1 saturated carbocycles. The molecule has 41 heavy (non-hydrogen) atoms. The molecule has 1 saturated heterocycles. The van der Waals surface area contributed by atoms with Crippen molar-refractivity contribution < 1.29 is 28.7 Å². The van der Waals surface area contributed by atoms with Crippen LogP contribution in [-0.2, 0) is 12.2 Å². The molecule has 0 bridgehead atoms. The molecule has 0 spiro atoms. The summed E-state index contributed by atoms with van der Waals surface area (Å²) in [5.41, 5.74) is 1.65. The van der Waals surface area contributed by atoms with Gasteiger partial charge in [-0.05, 0) is 55.7 Å². The van der Waals surface area contributed by atoms with E-state index in [-0.39, 0.29) is 42.0 Å². The van der Waals surface area contributed by atoms with Gasteiger partial charge in [-0.25, -0.2) is 14.2 Å². The first-order valence-corrected chi connectivity index (χ1v) is 13.9. The molecule has 2 aliphatic rings. The van der Waals surface area contributed by atoms with E-state index in [0.29, 0.717) is 32.6 Å². The molecule has 6 rings (SSSR count). The molecule has 1 aliphatic heterocycles. The number of hydrogen-bond acceptors (Lipinski definition) is 7. The molecule has 0 unspecified atom stereocenters. The van der Waals surface area contributed by atoms with E-state index in [1.54, 1.807) is 18.2 Å². The number of β-amino-alcohol motifs (C(OH)–C–C–N with tert-alkyl or cyclic N) is 1. The molecule has 0 atom stereocenters. The molecule has 2 aromatic heterocycles. The summed E-state index contributed by atoms with van der Waals surface area (Å²) in [4.78, 5) is 16.5. The number of aryl methyl sites for hydroxylation is 1. The van der Waals surface area contributed by atoms with E-state index in [2.05, 4.69) is 10.1 Å². The zero-order valence-corrected chi connectivity index (χ0v) is 23.9. The van der Waals surface area contributed by atoms with Crippen molar-refractivity contribution in [2.75, 3.05) is 18.0 Å². The highest BCUT2D eigenvalue weighted by Crippen LogP contribution is 2.46. The van der Waals surface area contributed by atoms with E-state index in [9.17, 15) is 14.3 Å². The maximum Gasteiger partial charge on any atom is 0.337 e. The Labute approximate surface area is 249 Å². The normalized spacial score (nSPS) is 16.0. The van der Waals surface area contributed by atoms with Crippen molar-refractivity contribution in [3.05, 3.63) is 91.5 Å². The van der Waals surface area contributed by atoms with E-state index < -0.39 is 17.4 Å². The third-order valence-corrected chi connectivity index (χ3v) is 8.20. The topological polar surface area (TPSA) is 109 Å². The molecule has 2 aromatic carbocycles. The van der Waals surface area contributed by atoms with Gasteiger partial charge in [0.25, 0.3) is 0 Å². The van der Waals surface area contributed by atoms with Crippen molar-refractivity contribution in [2.45, 2.75) is 37.9 Å². The van der Waals surface area contributed by atoms with Crippen molar-refractivity contribution in [1.82, 2.24) is 10.1 Å². The number of ether oxygens (including phenoxy) is 1. The zero-order chi connectivity index (χ0) is 29.1. The fourth-order valence-corrected chi connectivity index (χ4v) is 6.18. The minimum atomic E-state index is -1.35. The highest BCUT2D eigenvalue weighted by Gasteiger charge is 2.45. The molecule has 2 fully saturated rings. The number of aliphatic hydroxyl groups is 1.